The van der Waals surface area contributed by atoms with Crippen molar-refractivity contribution in [2.24, 2.45) is 0 Å². The summed E-state index contributed by atoms with van der Waals surface area (Å²) in [5, 5.41) is 0. The van der Waals surface area contributed by atoms with Crippen molar-refractivity contribution in [1.29, 1.82) is 0 Å². The Hall–Kier alpha value is -1.78. The van der Waals surface area contributed by atoms with Crippen LogP contribution in [0.15, 0.2) is 16.7 Å². The molecule has 70 valence electrons. The van der Waals surface area contributed by atoms with Gasteiger partial charge in [-0.15, -0.1) is 0 Å². The second-order valence-electron chi connectivity index (χ2n) is 2.53. The molecule has 0 fully saturated rings. The van der Waals surface area contributed by atoms with Crippen LogP contribution in [-0.4, -0.2) is 11.8 Å². The second kappa shape index (κ2) is 3.75. The molecule has 1 aromatic heterocycles. The van der Waals surface area contributed by atoms with Crippen LogP contribution >= 0.6 is 0 Å². The molecule has 2 amide bonds. The third kappa shape index (κ3) is 2.33. The Kier molecular flexibility index (Phi) is 2.69. The second-order valence-corrected chi connectivity index (χ2v) is 2.53. The molecule has 1 rings (SSSR count). The zero-order valence-corrected chi connectivity index (χ0v) is 7.38. The molecule has 2 N–H and O–H groups in total. The van der Waals surface area contributed by atoms with Gasteiger partial charge in [-0.3, -0.25) is 20.4 Å². The third-order valence-electron chi connectivity index (χ3n) is 1.46. The lowest BCUT2D eigenvalue weighted by Gasteiger charge is -2.02. The van der Waals surface area contributed by atoms with Gasteiger partial charge in [-0.1, -0.05) is 0 Å². The predicted molar refractivity (Wildman–Crippen MR) is 44.7 cm³/mol. The molecule has 13 heavy (non-hydrogen) atoms. The molecule has 0 aliphatic carbocycles. The Morgan fingerprint density at radius 1 is 1.38 bits per heavy atom. The van der Waals surface area contributed by atoms with E-state index >= 15 is 0 Å². The van der Waals surface area contributed by atoms with Crippen LogP contribution in [0.25, 0.3) is 0 Å². The quantitative estimate of drug-likeness (QED) is 0.616. The first-order valence-electron chi connectivity index (χ1n) is 3.72. The number of nitrogens with one attached hydrogen (secondary N) is 2. The van der Waals surface area contributed by atoms with E-state index < -0.39 is 0 Å². The molecule has 0 saturated heterocycles. The SMILES string of the molecule is CC(=O)NNC(=O)c1ccoc1C. The molecule has 0 bridgehead atoms. The molecular formula is C8H10N2O3. The smallest absolute Gasteiger partial charge is 0.273 e. The lowest BCUT2D eigenvalue weighted by molar-refractivity contribution is -0.119. The summed E-state index contributed by atoms with van der Waals surface area (Å²) in [4.78, 5) is 21.7. The Bertz CT molecular complexity index is 330. The Labute approximate surface area is 75.1 Å². The molecule has 0 atom stereocenters. The maximum atomic E-state index is 11.2. The molecule has 1 heterocycles. The maximum absolute atomic E-state index is 11.2. The van der Waals surface area contributed by atoms with Crippen LogP contribution in [0.5, 0.6) is 0 Å². The molecule has 5 nitrogen and oxygen atoms in total. The lowest BCUT2D eigenvalue weighted by atomic mass is 10.2. The average Bonchev–Trinajstić information content (AvgIpc) is 2.47. The van der Waals surface area contributed by atoms with Crippen molar-refractivity contribution >= 4 is 11.8 Å². The van der Waals surface area contributed by atoms with Gasteiger partial charge in [0.2, 0.25) is 5.91 Å². The normalized spacial score (nSPS) is 9.38. The molecule has 0 aliphatic rings. The fourth-order valence-electron chi connectivity index (χ4n) is 0.833. The topological polar surface area (TPSA) is 71.3 Å². The summed E-state index contributed by atoms with van der Waals surface area (Å²) in [7, 11) is 0. The lowest BCUT2D eigenvalue weighted by Crippen LogP contribution is -2.40. The monoisotopic (exact) mass is 182 g/mol. The first-order chi connectivity index (χ1) is 6.11. The number of rotatable bonds is 1. The minimum absolute atomic E-state index is 0.325. The summed E-state index contributed by atoms with van der Waals surface area (Å²) in [5.74, 6) is -0.196. The van der Waals surface area contributed by atoms with Gasteiger partial charge >= 0.3 is 0 Å². The third-order valence-corrected chi connectivity index (χ3v) is 1.46. The number of carbonyl (C=O) groups excluding carboxylic acids is 2. The minimum Gasteiger partial charge on any atom is -0.469 e. The summed E-state index contributed by atoms with van der Waals surface area (Å²) in [6.07, 6.45) is 1.41. The molecule has 0 unspecified atom stereocenters. The highest BCUT2D eigenvalue weighted by Crippen LogP contribution is 2.07. The van der Waals surface area contributed by atoms with Gasteiger partial charge in [-0.2, -0.15) is 0 Å². The van der Waals surface area contributed by atoms with Gasteiger partial charge in [0.05, 0.1) is 11.8 Å². The first kappa shape index (κ1) is 9.31. The maximum Gasteiger partial charge on any atom is 0.273 e. The standard InChI is InChI=1S/C8H10N2O3/c1-5-7(3-4-13-5)8(12)10-9-6(2)11/h3-4H,1-2H3,(H,9,11)(H,10,12). The van der Waals surface area contributed by atoms with Crippen LogP contribution < -0.4 is 10.9 Å². The fourth-order valence-corrected chi connectivity index (χ4v) is 0.833. The van der Waals surface area contributed by atoms with Crippen LogP contribution in [0.1, 0.15) is 23.0 Å². The van der Waals surface area contributed by atoms with Crippen LogP contribution in [0.2, 0.25) is 0 Å². The van der Waals surface area contributed by atoms with Crippen molar-refractivity contribution in [2.75, 3.05) is 0 Å². The van der Waals surface area contributed by atoms with Crippen LogP contribution in [-0.2, 0) is 4.79 Å². The molecule has 0 spiro atoms. The number of amides is 2. The summed E-state index contributed by atoms with van der Waals surface area (Å²) in [6.45, 7) is 2.98. The van der Waals surface area contributed by atoms with Crippen molar-refractivity contribution < 1.29 is 14.0 Å². The Balaban J connectivity index is 2.59. The molecule has 5 heteroatoms. The average molecular weight is 182 g/mol. The number of furan rings is 1. The summed E-state index contributed by atoms with van der Waals surface area (Å²) >= 11 is 0. The molecule has 0 aliphatic heterocycles. The van der Waals surface area contributed by atoms with Crippen LogP contribution in [0.4, 0.5) is 0 Å². The number of hydrazine groups is 1. The molecule has 0 radical (unpaired) electrons. The number of hydrogen-bond donors (Lipinski definition) is 2. The van der Waals surface area contributed by atoms with Gasteiger partial charge in [-0.25, -0.2) is 0 Å². The zero-order chi connectivity index (χ0) is 9.84. The molecule has 0 aromatic carbocycles. The highest BCUT2D eigenvalue weighted by molar-refractivity contribution is 5.95. The van der Waals surface area contributed by atoms with Gasteiger partial charge in [0.15, 0.2) is 0 Å². The van der Waals surface area contributed by atoms with E-state index in [9.17, 15) is 9.59 Å². The van der Waals surface area contributed by atoms with E-state index in [1.807, 2.05) is 0 Å². The number of hydrogen-bond acceptors (Lipinski definition) is 3. The summed E-state index contributed by atoms with van der Waals surface area (Å²) in [6, 6.07) is 1.53. The number of aryl methyl sites for hydroxylation is 1. The van der Waals surface area contributed by atoms with Crippen molar-refractivity contribution in [3.8, 4) is 0 Å². The molecule has 0 saturated carbocycles. The van der Waals surface area contributed by atoms with E-state index in [0.29, 0.717) is 11.3 Å². The Morgan fingerprint density at radius 3 is 2.54 bits per heavy atom. The fraction of sp³-hybridized carbons (Fsp3) is 0.250. The number of carbonyl (C=O) groups is 2. The van der Waals surface area contributed by atoms with Gasteiger partial charge < -0.3 is 4.42 Å². The van der Waals surface area contributed by atoms with Gasteiger partial charge in [0.25, 0.3) is 5.91 Å². The van der Waals surface area contributed by atoms with E-state index in [4.69, 9.17) is 4.42 Å². The van der Waals surface area contributed by atoms with Crippen molar-refractivity contribution in [3.63, 3.8) is 0 Å². The van der Waals surface area contributed by atoms with Gasteiger partial charge in [0, 0.05) is 6.92 Å². The summed E-state index contributed by atoms with van der Waals surface area (Å²) < 4.78 is 4.92. The highest BCUT2D eigenvalue weighted by atomic mass is 16.3. The van der Waals surface area contributed by atoms with Crippen LogP contribution in [0.3, 0.4) is 0 Å². The van der Waals surface area contributed by atoms with E-state index in [0.717, 1.165) is 0 Å². The van der Waals surface area contributed by atoms with E-state index in [1.54, 1.807) is 6.92 Å². The highest BCUT2D eigenvalue weighted by Gasteiger charge is 2.10. The van der Waals surface area contributed by atoms with E-state index in [2.05, 4.69) is 10.9 Å². The largest absolute Gasteiger partial charge is 0.469 e. The zero-order valence-electron chi connectivity index (χ0n) is 7.38. The van der Waals surface area contributed by atoms with Crippen molar-refractivity contribution in [3.05, 3.63) is 23.7 Å². The van der Waals surface area contributed by atoms with Gasteiger partial charge in [-0.05, 0) is 13.0 Å². The van der Waals surface area contributed by atoms with Crippen molar-refractivity contribution in [2.45, 2.75) is 13.8 Å². The molecular weight excluding hydrogens is 172 g/mol. The predicted octanol–water partition coefficient (Wildman–Crippen LogP) is 0.369. The minimum atomic E-state index is -0.388. The van der Waals surface area contributed by atoms with Gasteiger partial charge in [0.1, 0.15) is 5.76 Å². The van der Waals surface area contributed by atoms with E-state index in [-0.39, 0.29) is 11.8 Å². The Morgan fingerprint density at radius 2 is 2.08 bits per heavy atom. The first-order valence-corrected chi connectivity index (χ1v) is 3.72. The summed E-state index contributed by atoms with van der Waals surface area (Å²) in [5.41, 5.74) is 4.82. The van der Waals surface area contributed by atoms with Crippen molar-refractivity contribution in [1.82, 2.24) is 10.9 Å². The molecule has 1 aromatic rings. The van der Waals surface area contributed by atoms with Crippen LogP contribution in [0, 0.1) is 6.92 Å². The van der Waals surface area contributed by atoms with E-state index in [1.165, 1.54) is 19.3 Å².